The largest absolute Gasteiger partial charge is 0.476 e. The first-order chi connectivity index (χ1) is 7.34. The van der Waals surface area contributed by atoms with Gasteiger partial charge in [0.25, 0.3) is 12.1 Å². The Balaban J connectivity index is 3.60. The molecule has 0 aliphatic carbocycles. The summed E-state index contributed by atoms with van der Waals surface area (Å²) in [5, 5.41) is 19.1. The van der Waals surface area contributed by atoms with Gasteiger partial charge in [0.1, 0.15) is 10.2 Å². The Morgan fingerprint density at radius 1 is 1.62 bits per heavy atom. The van der Waals surface area contributed by atoms with Gasteiger partial charge in [-0.05, 0) is 15.9 Å². The molecular formula is C7H3BrF2N2O4. The van der Waals surface area contributed by atoms with Crippen molar-refractivity contribution in [1.29, 1.82) is 0 Å². The molecule has 1 rings (SSSR count). The number of hydrogen-bond donors (Lipinski definition) is 1. The van der Waals surface area contributed by atoms with Crippen LogP contribution in [0.25, 0.3) is 0 Å². The summed E-state index contributed by atoms with van der Waals surface area (Å²) in [5.74, 6) is -1.75. The molecule has 0 saturated carbocycles. The molecule has 6 nitrogen and oxygen atoms in total. The highest BCUT2D eigenvalue weighted by Crippen LogP contribution is 2.33. The van der Waals surface area contributed by atoms with Gasteiger partial charge in [-0.3, -0.25) is 10.1 Å². The Morgan fingerprint density at radius 2 is 2.19 bits per heavy atom. The van der Waals surface area contributed by atoms with Crippen LogP contribution < -0.4 is 0 Å². The fraction of sp³-hybridized carbons (Fsp3) is 0.143. The van der Waals surface area contributed by atoms with Crippen LogP contribution in [0.3, 0.4) is 0 Å². The minimum Gasteiger partial charge on any atom is -0.476 e. The van der Waals surface area contributed by atoms with Gasteiger partial charge < -0.3 is 5.11 Å². The van der Waals surface area contributed by atoms with Gasteiger partial charge in [-0.2, -0.15) is 0 Å². The zero-order valence-corrected chi connectivity index (χ0v) is 8.94. The van der Waals surface area contributed by atoms with E-state index in [2.05, 4.69) is 20.9 Å². The molecule has 1 N–H and O–H groups in total. The van der Waals surface area contributed by atoms with Gasteiger partial charge in [-0.25, -0.2) is 18.6 Å². The Bertz CT molecular complexity index is 431. The fourth-order valence-electron chi connectivity index (χ4n) is 1.04. The SMILES string of the molecule is O=C(O)c1nc(Br)cc([N+](=O)[O-])c1C(F)F. The molecule has 0 aromatic carbocycles. The normalized spacial score (nSPS) is 10.5. The highest BCUT2D eigenvalue weighted by molar-refractivity contribution is 9.10. The van der Waals surface area contributed by atoms with Gasteiger partial charge in [0.2, 0.25) is 0 Å². The van der Waals surface area contributed by atoms with Crippen LogP contribution in [0.4, 0.5) is 14.5 Å². The lowest BCUT2D eigenvalue weighted by Gasteiger charge is -2.05. The van der Waals surface area contributed by atoms with Gasteiger partial charge >= 0.3 is 5.97 Å². The number of aromatic nitrogens is 1. The zero-order valence-electron chi connectivity index (χ0n) is 7.35. The number of carboxylic acid groups (broad SMARTS) is 1. The number of nitrogens with zero attached hydrogens (tertiary/aromatic N) is 2. The van der Waals surface area contributed by atoms with E-state index in [-0.39, 0.29) is 4.60 Å². The second-order valence-electron chi connectivity index (χ2n) is 2.59. The fourth-order valence-corrected chi connectivity index (χ4v) is 1.43. The van der Waals surface area contributed by atoms with Crippen LogP contribution in [0.5, 0.6) is 0 Å². The molecule has 0 spiro atoms. The van der Waals surface area contributed by atoms with E-state index < -0.39 is 34.3 Å². The highest BCUT2D eigenvalue weighted by Gasteiger charge is 2.30. The van der Waals surface area contributed by atoms with Gasteiger partial charge in [0.15, 0.2) is 5.69 Å². The minimum absolute atomic E-state index is 0.194. The van der Waals surface area contributed by atoms with E-state index in [1.807, 2.05) is 0 Å². The van der Waals surface area contributed by atoms with Crippen molar-refractivity contribution >= 4 is 27.6 Å². The number of pyridine rings is 1. The average molecular weight is 297 g/mol. The molecule has 0 radical (unpaired) electrons. The first kappa shape index (κ1) is 12.4. The minimum atomic E-state index is -3.29. The predicted octanol–water partition coefficient (Wildman–Crippen LogP) is 2.39. The van der Waals surface area contributed by atoms with Crippen LogP contribution in [0.1, 0.15) is 22.5 Å². The molecule has 1 aromatic heterocycles. The van der Waals surface area contributed by atoms with Crippen LogP contribution in [-0.2, 0) is 0 Å². The maximum absolute atomic E-state index is 12.5. The number of hydrogen-bond acceptors (Lipinski definition) is 4. The van der Waals surface area contributed by atoms with Gasteiger partial charge in [-0.1, -0.05) is 0 Å². The maximum Gasteiger partial charge on any atom is 0.355 e. The standard InChI is InChI=1S/C7H3BrF2N2O4/c8-3-1-2(12(15)16)4(6(9)10)5(11-3)7(13)14/h1,6H,(H,13,14). The van der Waals surface area contributed by atoms with Crippen LogP contribution >= 0.6 is 15.9 Å². The number of carboxylic acids is 1. The lowest BCUT2D eigenvalue weighted by Crippen LogP contribution is -2.09. The van der Waals surface area contributed by atoms with Crippen molar-refractivity contribution in [2.24, 2.45) is 0 Å². The average Bonchev–Trinajstić information content (AvgIpc) is 2.15. The quantitative estimate of drug-likeness (QED) is 0.525. The van der Waals surface area contributed by atoms with E-state index in [0.29, 0.717) is 0 Å². The van der Waals surface area contributed by atoms with Crippen LogP contribution in [-0.4, -0.2) is 21.0 Å². The van der Waals surface area contributed by atoms with Gasteiger partial charge in [0, 0.05) is 6.07 Å². The Morgan fingerprint density at radius 3 is 2.56 bits per heavy atom. The van der Waals surface area contributed by atoms with E-state index in [9.17, 15) is 23.7 Å². The molecule has 0 amide bonds. The third kappa shape index (κ3) is 2.30. The lowest BCUT2D eigenvalue weighted by molar-refractivity contribution is -0.386. The number of aromatic carboxylic acids is 1. The molecule has 16 heavy (non-hydrogen) atoms. The van der Waals surface area contributed by atoms with E-state index in [4.69, 9.17) is 5.11 Å². The smallest absolute Gasteiger partial charge is 0.355 e. The molecule has 0 saturated heterocycles. The van der Waals surface area contributed by atoms with Crippen LogP contribution in [0.2, 0.25) is 0 Å². The third-order valence-corrected chi connectivity index (χ3v) is 2.03. The van der Waals surface area contributed by atoms with Crippen LogP contribution in [0.15, 0.2) is 10.7 Å². The second-order valence-corrected chi connectivity index (χ2v) is 3.40. The molecule has 86 valence electrons. The summed E-state index contributed by atoms with van der Waals surface area (Å²) < 4.78 is 24.8. The molecule has 1 aromatic rings. The van der Waals surface area contributed by atoms with Crippen molar-refractivity contribution in [2.45, 2.75) is 6.43 Å². The van der Waals surface area contributed by atoms with Crippen molar-refractivity contribution in [1.82, 2.24) is 4.98 Å². The van der Waals surface area contributed by atoms with Crippen molar-refractivity contribution in [3.05, 3.63) is 32.0 Å². The first-order valence-electron chi connectivity index (χ1n) is 3.71. The van der Waals surface area contributed by atoms with Crippen molar-refractivity contribution < 1.29 is 23.6 Å². The molecule has 0 bridgehead atoms. The zero-order chi connectivity index (χ0) is 12.5. The Labute approximate surface area is 95.2 Å². The summed E-state index contributed by atoms with van der Waals surface area (Å²) in [6, 6.07) is 0.730. The topological polar surface area (TPSA) is 93.3 Å². The number of nitro groups is 1. The van der Waals surface area contributed by atoms with E-state index >= 15 is 0 Å². The number of carbonyl (C=O) groups is 1. The number of rotatable bonds is 3. The summed E-state index contributed by atoms with van der Waals surface area (Å²) >= 11 is 2.71. The number of halogens is 3. The summed E-state index contributed by atoms with van der Waals surface area (Å²) in [6.07, 6.45) is -3.29. The highest BCUT2D eigenvalue weighted by atomic mass is 79.9. The molecule has 0 atom stereocenters. The van der Waals surface area contributed by atoms with Crippen molar-refractivity contribution in [3.63, 3.8) is 0 Å². The Kier molecular flexibility index (Phi) is 3.48. The molecule has 0 unspecified atom stereocenters. The first-order valence-corrected chi connectivity index (χ1v) is 4.50. The molecular weight excluding hydrogens is 294 g/mol. The molecule has 1 heterocycles. The summed E-state index contributed by atoms with van der Waals surface area (Å²) in [4.78, 5) is 23.3. The lowest BCUT2D eigenvalue weighted by atomic mass is 10.1. The van der Waals surface area contributed by atoms with Crippen LogP contribution in [0, 0.1) is 10.1 Å². The summed E-state index contributed by atoms with van der Waals surface area (Å²) in [7, 11) is 0. The maximum atomic E-state index is 12.5. The van der Waals surface area contributed by atoms with Gasteiger partial charge in [0.05, 0.1) is 4.92 Å². The molecule has 0 fully saturated rings. The molecule has 9 heteroatoms. The predicted molar refractivity (Wildman–Crippen MR) is 50.5 cm³/mol. The van der Waals surface area contributed by atoms with Crippen molar-refractivity contribution in [3.8, 4) is 0 Å². The monoisotopic (exact) mass is 296 g/mol. The third-order valence-electron chi connectivity index (χ3n) is 1.62. The van der Waals surface area contributed by atoms with E-state index in [1.165, 1.54) is 0 Å². The van der Waals surface area contributed by atoms with Crippen molar-refractivity contribution in [2.75, 3.05) is 0 Å². The Hall–Kier alpha value is -1.64. The van der Waals surface area contributed by atoms with Gasteiger partial charge in [-0.15, -0.1) is 0 Å². The summed E-state index contributed by atoms with van der Waals surface area (Å²) in [6.45, 7) is 0. The van der Waals surface area contributed by atoms with E-state index in [1.54, 1.807) is 0 Å². The number of alkyl halides is 2. The second kappa shape index (κ2) is 4.47. The summed E-state index contributed by atoms with van der Waals surface area (Å²) in [5.41, 5.74) is -3.20. The molecule has 0 aliphatic rings. The van der Waals surface area contributed by atoms with E-state index in [0.717, 1.165) is 6.07 Å². The molecule has 0 aliphatic heterocycles.